The Morgan fingerprint density at radius 3 is 2.85 bits per heavy atom. The molecule has 0 radical (unpaired) electrons. The van der Waals surface area contributed by atoms with Gasteiger partial charge in [-0.1, -0.05) is 6.07 Å². The van der Waals surface area contributed by atoms with Gasteiger partial charge in [-0.2, -0.15) is 5.10 Å². The third-order valence-electron chi connectivity index (χ3n) is 3.85. The van der Waals surface area contributed by atoms with Crippen molar-refractivity contribution in [3.05, 3.63) is 35.5 Å². The van der Waals surface area contributed by atoms with Gasteiger partial charge < -0.3 is 11.1 Å². The van der Waals surface area contributed by atoms with Crippen LogP contribution in [0.15, 0.2) is 24.3 Å². The van der Waals surface area contributed by atoms with E-state index in [0.29, 0.717) is 6.54 Å². The highest BCUT2D eigenvalue weighted by Gasteiger charge is 2.38. The highest BCUT2D eigenvalue weighted by molar-refractivity contribution is 6.06. The van der Waals surface area contributed by atoms with E-state index in [0.717, 1.165) is 34.6 Å². The quantitative estimate of drug-likeness (QED) is 0.795. The molecule has 0 bridgehead atoms. The fraction of sp³-hybridized carbons (Fsp3) is 0.333. The molecule has 0 unspecified atom stereocenters. The zero-order valence-corrected chi connectivity index (χ0v) is 11.7. The van der Waals surface area contributed by atoms with Crippen molar-refractivity contribution in [1.29, 1.82) is 0 Å². The Morgan fingerprint density at radius 2 is 2.10 bits per heavy atom. The van der Waals surface area contributed by atoms with Crippen molar-refractivity contribution < 1.29 is 4.79 Å². The molecule has 1 aliphatic heterocycles. The summed E-state index contributed by atoms with van der Waals surface area (Å²) < 4.78 is 0. The van der Waals surface area contributed by atoms with E-state index < -0.39 is 5.41 Å². The summed E-state index contributed by atoms with van der Waals surface area (Å²) >= 11 is 0. The largest absolute Gasteiger partial charge is 0.330 e. The lowest BCUT2D eigenvalue weighted by Gasteiger charge is -2.15. The summed E-state index contributed by atoms with van der Waals surface area (Å²) in [4.78, 5) is 11.9. The van der Waals surface area contributed by atoms with E-state index in [1.165, 1.54) is 0 Å². The molecular formula is C15H18N4O. The molecule has 1 amide bonds. The standard InChI is InChI=1S/C15H18N4O/c1-15(2)11-7-9(3-4-12(11)17-14(15)20)13-8-10(5-6-16)18-19-13/h3-4,7-8H,5-6,16H2,1-2H3,(H,17,20)(H,18,19). The number of carbonyl (C=O) groups is 1. The summed E-state index contributed by atoms with van der Waals surface area (Å²) in [5, 5.41) is 10.2. The molecule has 20 heavy (non-hydrogen) atoms. The van der Waals surface area contributed by atoms with Crippen molar-refractivity contribution >= 4 is 11.6 Å². The molecular weight excluding hydrogens is 252 g/mol. The summed E-state index contributed by atoms with van der Waals surface area (Å²) in [6.45, 7) is 4.46. The van der Waals surface area contributed by atoms with Crippen LogP contribution in [0, 0.1) is 0 Å². The van der Waals surface area contributed by atoms with Gasteiger partial charge in [-0.05, 0) is 44.2 Å². The maximum absolute atomic E-state index is 11.9. The second-order valence-corrected chi connectivity index (χ2v) is 5.66. The molecule has 0 atom stereocenters. The number of carbonyl (C=O) groups excluding carboxylic acids is 1. The molecule has 104 valence electrons. The summed E-state index contributed by atoms with van der Waals surface area (Å²) in [7, 11) is 0. The lowest BCUT2D eigenvalue weighted by molar-refractivity contribution is -0.119. The van der Waals surface area contributed by atoms with E-state index in [2.05, 4.69) is 15.5 Å². The maximum atomic E-state index is 11.9. The van der Waals surface area contributed by atoms with E-state index in [-0.39, 0.29) is 5.91 Å². The second kappa shape index (κ2) is 4.45. The minimum atomic E-state index is -0.498. The van der Waals surface area contributed by atoms with Gasteiger partial charge in [0.2, 0.25) is 5.91 Å². The van der Waals surface area contributed by atoms with Crippen molar-refractivity contribution in [3.63, 3.8) is 0 Å². The Morgan fingerprint density at radius 1 is 1.30 bits per heavy atom. The summed E-state index contributed by atoms with van der Waals surface area (Å²) in [5.41, 5.74) is 9.86. The Kier molecular flexibility index (Phi) is 2.87. The number of amides is 1. The molecule has 4 N–H and O–H groups in total. The molecule has 2 heterocycles. The first-order chi connectivity index (χ1) is 9.52. The van der Waals surface area contributed by atoms with Gasteiger partial charge in [-0.15, -0.1) is 0 Å². The zero-order chi connectivity index (χ0) is 14.3. The Hall–Kier alpha value is -2.14. The molecule has 5 nitrogen and oxygen atoms in total. The topological polar surface area (TPSA) is 83.8 Å². The first-order valence-corrected chi connectivity index (χ1v) is 6.73. The molecule has 0 saturated heterocycles. The number of hydrogen-bond donors (Lipinski definition) is 3. The molecule has 1 aliphatic rings. The summed E-state index contributed by atoms with van der Waals surface area (Å²) in [6.07, 6.45) is 0.781. The van der Waals surface area contributed by atoms with Gasteiger partial charge >= 0.3 is 0 Å². The van der Waals surface area contributed by atoms with Gasteiger partial charge in [0.05, 0.1) is 11.1 Å². The molecule has 0 fully saturated rings. The molecule has 1 aromatic heterocycles. The van der Waals surface area contributed by atoms with Gasteiger partial charge in [0.1, 0.15) is 0 Å². The zero-order valence-electron chi connectivity index (χ0n) is 11.7. The fourth-order valence-electron chi connectivity index (χ4n) is 2.52. The average molecular weight is 270 g/mol. The van der Waals surface area contributed by atoms with Crippen LogP contribution in [-0.2, 0) is 16.6 Å². The minimum absolute atomic E-state index is 0.0375. The molecule has 2 aromatic rings. The fourth-order valence-corrected chi connectivity index (χ4v) is 2.52. The van der Waals surface area contributed by atoms with Crippen LogP contribution in [0.2, 0.25) is 0 Å². The third-order valence-corrected chi connectivity index (χ3v) is 3.85. The Balaban J connectivity index is 2.01. The van der Waals surface area contributed by atoms with Crippen molar-refractivity contribution in [2.75, 3.05) is 11.9 Å². The summed E-state index contributed by atoms with van der Waals surface area (Å²) in [6, 6.07) is 7.96. The van der Waals surface area contributed by atoms with Gasteiger partial charge in [0.25, 0.3) is 0 Å². The number of rotatable bonds is 3. The Bertz CT molecular complexity index is 672. The first-order valence-electron chi connectivity index (χ1n) is 6.73. The van der Waals surface area contributed by atoms with E-state index >= 15 is 0 Å². The van der Waals surface area contributed by atoms with Crippen molar-refractivity contribution in [2.45, 2.75) is 25.7 Å². The molecule has 0 saturated carbocycles. The van der Waals surface area contributed by atoms with Gasteiger partial charge in [0, 0.05) is 23.4 Å². The normalized spacial score (nSPS) is 16.1. The number of aromatic amines is 1. The van der Waals surface area contributed by atoms with Crippen molar-refractivity contribution in [2.24, 2.45) is 5.73 Å². The number of nitrogens with zero attached hydrogens (tertiary/aromatic N) is 1. The average Bonchev–Trinajstić information content (AvgIpc) is 2.95. The van der Waals surface area contributed by atoms with Crippen LogP contribution >= 0.6 is 0 Å². The van der Waals surface area contributed by atoms with Crippen LogP contribution in [0.3, 0.4) is 0 Å². The predicted octanol–water partition coefficient (Wildman–Crippen LogP) is 1.81. The number of nitrogens with one attached hydrogen (secondary N) is 2. The first kappa shape index (κ1) is 12.9. The van der Waals surface area contributed by atoms with Crippen LogP contribution < -0.4 is 11.1 Å². The van der Waals surface area contributed by atoms with Gasteiger partial charge in [-0.3, -0.25) is 9.89 Å². The van der Waals surface area contributed by atoms with Crippen molar-refractivity contribution in [1.82, 2.24) is 10.2 Å². The summed E-state index contributed by atoms with van der Waals surface area (Å²) in [5.74, 6) is 0.0375. The second-order valence-electron chi connectivity index (χ2n) is 5.66. The van der Waals surface area contributed by atoms with Crippen molar-refractivity contribution in [3.8, 4) is 11.3 Å². The van der Waals surface area contributed by atoms with Crippen LogP contribution in [0.4, 0.5) is 5.69 Å². The predicted molar refractivity (Wildman–Crippen MR) is 78.4 cm³/mol. The molecule has 1 aromatic carbocycles. The van der Waals surface area contributed by atoms with E-state index in [1.54, 1.807) is 0 Å². The highest BCUT2D eigenvalue weighted by Crippen LogP contribution is 2.39. The number of anilines is 1. The highest BCUT2D eigenvalue weighted by atomic mass is 16.2. The lowest BCUT2D eigenvalue weighted by atomic mass is 9.85. The van der Waals surface area contributed by atoms with Crippen LogP contribution in [0.1, 0.15) is 25.1 Å². The van der Waals surface area contributed by atoms with Crippen LogP contribution in [0.25, 0.3) is 11.3 Å². The SMILES string of the molecule is CC1(C)C(=O)Nc2ccc(-c3cc(CCN)[nH]n3)cc21. The lowest BCUT2D eigenvalue weighted by Crippen LogP contribution is -2.26. The van der Waals surface area contributed by atoms with Crippen LogP contribution in [-0.4, -0.2) is 22.6 Å². The molecule has 5 heteroatoms. The molecule has 3 rings (SSSR count). The smallest absolute Gasteiger partial charge is 0.234 e. The number of aromatic nitrogens is 2. The van der Waals surface area contributed by atoms with E-state index in [1.807, 2.05) is 38.1 Å². The number of H-pyrrole nitrogens is 1. The van der Waals surface area contributed by atoms with E-state index in [9.17, 15) is 4.79 Å². The molecule has 0 spiro atoms. The van der Waals surface area contributed by atoms with Crippen LogP contribution in [0.5, 0.6) is 0 Å². The monoisotopic (exact) mass is 270 g/mol. The van der Waals surface area contributed by atoms with E-state index in [4.69, 9.17) is 5.73 Å². The number of benzene rings is 1. The molecule has 0 aliphatic carbocycles. The number of nitrogens with two attached hydrogens (primary N) is 1. The number of hydrogen-bond acceptors (Lipinski definition) is 3. The Labute approximate surface area is 117 Å². The third kappa shape index (κ3) is 1.91. The maximum Gasteiger partial charge on any atom is 0.234 e. The minimum Gasteiger partial charge on any atom is -0.330 e. The van der Waals surface area contributed by atoms with Gasteiger partial charge in [-0.25, -0.2) is 0 Å². The number of fused-ring (bicyclic) bond motifs is 1. The van der Waals surface area contributed by atoms with Gasteiger partial charge in [0.15, 0.2) is 0 Å².